The number of halogens is 5. The first-order chi connectivity index (χ1) is 7.34. The lowest BCUT2D eigenvalue weighted by Crippen LogP contribution is -2.46. The van der Waals surface area contributed by atoms with Crippen molar-refractivity contribution < 1.29 is 8.78 Å². The number of hydrogen-bond donors (Lipinski definition) is 2. The summed E-state index contributed by atoms with van der Waals surface area (Å²) in [6.07, 6.45) is -0.0517. The van der Waals surface area contributed by atoms with Crippen LogP contribution >= 0.6 is 34.8 Å². The van der Waals surface area contributed by atoms with Crippen molar-refractivity contribution in [1.82, 2.24) is 5.43 Å². The highest BCUT2D eigenvalue weighted by atomic mass is 35.5. The maximum atomic E-state index is 12.8. The van der Waals surface area contributed by atoms with E-state index in [2.05, 4.69) is 0 Å². The molecule has 0 aliphatic rings. The Kier molecular flexibility index (Phi) is 4.76. The van der Waals surface area contributed by atoms with Gasteiger partial charge in [-0.2, -0.15) is 8.78 Å². The highest BCUT2D eigenvalue weighted by Gasteiger charge is 2.36. The highest BCUT2D eigenvalue weighted by Crippen LogP contribution is 2.28. The van der Waals surface area contributed by atoms with Crippen LogP contribution in [-0.2, 0) is 6.42 Å². The molecule has 1 aromatic carbocycles. The number of benzene rings is 1. The fourth-order valence-corrected chi connectivity index (χ4v) is 1.63. The van der Waals surface area contributed by atoms with Crippen molar-refractivity contribution in [2.24, 2.45) is 5.84 Å². The van der Waals surface area contributed by atoms with Crippen molar-refractivity contribution in [1.29, 1.82) is 0 Å². The van der Waals surface area contributed by atoms with Crippen LogP contribution in [-0.4, -0.2) is 11.4 Å². The minimum absolute atomic E-state index is 0.0517. The van der Waals surface area contributed by atoms with Gasteiger partial charge in [0.1, 0.15) is 6.04 Å². The van der Waals surface area contributed by atoms with Gasteiger partial charge in [0, 0.05) is 0 Å². The molecule has 0 heterocycles. The Bertz CT molecular complexity index is 368. The van der Waals surface area contributed by atoms with Crippen molar-refractivity contribution in [3.63, 3.8) is 0 Å². The van der Waals surface area contributed by atoms with Crippen molar-refractivity contribution >= 4 is 34.8 Å². The minimum Gasteiger partial charge on any atom is -0.271 e. The summed E-state index contributed by atoms with van der Waals surface area (Å²) in [6.45, 7) is 0. The summed E-state index contributed by atoms with van der Waals surface area (Å²) in [5.41, 5.74) is 2.53. The van der Waals surface area contributed by atoms with E-state index in [1.54, 1.807) is 6.07 Å². The molecule has 90 valence electrons. The summed E-state index contributed by atoms with van der Waals surface area (Å²) in [7, 11) is 0. The number of nitrogens with two attached hydrogens (primary N) is 1. The van der Waals surface area contributed by atoms with E-state index in [-0.39, 0.29) is 6.42 Å². The van der Waals surface area contributed by atoms with Crippen molar-refractivity contribution in [2.75, 3.05) is 0 Å². The second kappa shape index (κ2) is 5.47. The van der Waals surface area contributed by atoms with Gasteiger partial charge in [-0.15, -0.1) is 0 Å². The first-order valence-electron chi connectivity index (χ1n) is 4.31. The maximum absolute atomic E-state index is 12.8. The van der Waals surface area contributed by atoms with Crippen molar-refractivity contribution in [2.45, 2.75) is 17.8 Å². The van der Waals surface area contributed by atoms with Gasteiger partial charge in [-0.25, -0.2) is 5.43 Å². The molecular weight excluding hydrogens is 280 g/mol. The smallest absolute Gasteiger partial charge is 0.271 e. The van der Waals surface area contributed by atoms with Crippen LogP contribution in [0.3, 0.4) is 0 Å². The third-order valence-corrected chi connectivity index (χ3v) is 3.02. The normalized spacial score (nSPS) is 13.9. The van der Waals surface area contributed by atoms with Crippen LogP contribution in [0, 0.1) is 0 Å². The Morgan fingerprint density at radius 3 is 2.38 bits per heavy atom. The molecule has 7 heteroatoms. The van der Waals surface area contributed by atoms with E-state index in [0.717, 1.165) is 0 Å². The topological polar surface area (TPSA) is 38.0 Å². The van der Waals surface area contributed by atoms with Gasteiger partial charge in [0.05, 0.1) is 10.0 Å². The third kappa shape index (κ3) is 3.71. The first-order valence-corrected chi connectivity index (χ1v) is 5.44. The zero-order valence-corrected chi connectivity index (χ0v) is 10.3. The van der Waals surface area contributed by atoms with E-state index in [0.29, 0.717) is 15.6 Å². The van der Waals surface area contributed by atoms with Gasteiger partial charge >= 0.3 is 5.38 Å². The molecule has 16 heavy (non-hydrogen) atoms. The summed E-state index contributed by atoms with van der Waals surface area (Å²) in [5.74, 6) is 5.00. The molecule has 0 aromatic heterocycles. The molecule has 0 aliphatic heterocycles. The Morgan fingerprint density at radius 1 is 1.31 bits per heavy atom. The van der Waals surface area contributed by atoms with E-state index in [4.69, 9.17) is 40.6 Å². The number of hydrazine groups is 1. The van der Waals surface area contributed by atoms with Gasteiger partial charge in [-0.05, 0) is 35.7 Å². The second-order valence-corrected chi connectivity index (χ2v) is 4.53. The molecule has 1 unspecified atom stereocenters. The summed E-state index contributed by atoms with van der Waals surface area (Å²) in [4.78, 5) is 0. The fourth-order valence-electron chi connectivity index (χ4n) is 1.17. The van der Waals surface area contributed by atoms with Crippen LogP contribution in [0.25, 0.3) is 0 Å². The van der Waals surface area contributed by atoms with Crippen LogP contribution in [0.2, 0.25) is 10.0 Å². The molecule has 0 saturated heterocycles. The zero-order chi connectivity index (χ0) is 12.3. The van der Waals surface area contributed by atoms with Crippen molar-refractivity contribution in [3.05, 3.63) is 33.8 Å². The Labute approximate surface area is 107 Å². The summed E-state index contributed by atoms with van der Waals surface area (Å²) in [6, 6.07) is 3.24. The number of nitrogens with one attached hydrogen (secondary N) is 1. The Hall–Kier alpha value is -0.130. The molecule has 0 amide bonds. The van der Waals surface area contributed by atoms with Crippen LogP contribution in [0.4, 0.5) is 8.78 Å². The van der Waals surface area contributed by atoms with E-state index >= 15 is 0 Å². The standard InChI is InChI=1S/C9H9Cl3F2N2/c10-6-2-1-5(3-7(6)11)4-8(16-15)9(12,13)14/h1-3,8,16H,4,15H2. The van der Waals surface area contributed by atoms with Crippen LogP contribution in [0.15, 0.2) is 18.2 Å². The second-order valence-electron chi connectivity index (χ2n) is 3.21. The number of alkyl halides is 3. The molecule has 3 N–H and O–H groups in total. The summed E-state index contributed by atoms with van der Waals surface area (Å²) < 4.78 is 25.6. The molecule has 0 saturated carbocycles. The van der Waals surface area contributed by atoms with Gasteiger partial charge in [0.25, 0.3) is 0 Å². The van der Waals surface area contributed by atoms with E-state index in [1.807, 2.05) is 5.43 Å². The molecule has 0 aliphatic carbocycles. The first kappa shape index (κ1) is 13.9. The zero-order valence-electron chi connectivity index (χ0n) is 7.98. The molecule has 1 aromatic rings. The monoisotopic (exact) mass is 288 g/mol. The lowest BCUT2D eigenvalue weighted by atomic mass is 10.1. The Morgan fingerprint density at radius 2 is 1.94 bits per heavy atom. The van der Waals surface area contributed by atoms with Gasteiger partial charge in [-0.1, -0.05) is 29.3 Å². The number of hydrogen-bond acceptors (Lipinski definition) is 2. The number of rotatable bonds is 4. The van der Waals surface area contributed by atoms with Gasteiger partial charge < -0.3 is 0 Å². The summed E-state index contributed by atoms with van der Waals surface area (Å²) in [5, 5.41) is -2.77. The molecule has 2 nitrogen and oxygen atoms in total. The van der Waals surface area contributed by atoms with Crippen LogP contribution < -0.4 is 11.3 Å². The van der Waals surface area contributed by atoms with Crippen LogP contribution in [0.5, 0.6) is 0 Å². The largest absolute Gasteiger partial charge is 0.338 e. The van der Waals surface area contributed by atoms with E-state index in [9.17, 15) is 8.78 Å². The average Bonchev–Trinajstić information content (AvgIpc) is 2.18. The quantitative estimate of drug-likeness (QED) is 0.507. The predicted octanol–water partition coefficient (Wildman–Crippen LogP) is 3.20. The van der Waals surface area contributed by atoms with Crippen LogP contribution in [0.1, 0.15) is 5.56 Å². The fraction of sp³-hybridized carbons (Fsp3) is 0.333. The molecular formula is C9H9Cl3F2N2. The average molecular weight is 290 g/mol. The lowest BCUT2D eigenvalue weighted by molar-refractivity contribution is 0.0503. The molecule has 0 spiro atoms. The minimum atomic E-state index is -3.43. The predicted molar refractivity (Wildman–Crippen MR) is 62.1 cm³/mol. The van der Waals surface area contributed by atoms with Gasteiger partial charge in [-0.3, -0.25) is 5.84 Å². The van der Waals surface area contributed by atoms with Gasteiger partial charge in [0.15, 0.2) is 0 Å². The van der Waals surface area contributed by atoms with E-state index < -0.39 is 11.4 Å². The Balaban J connectivity index is 2.83. The third-order valence-electron chi connectivity index (χ3n) is 2.02. The molecule has 0 fully saturated rings. The molecule has 0 radical (unpaired) electrons. The van der Waals surface area contributed by atoms with Gasteiger partial charge in [0.2, 0.25) is 0 Å². The lowest BCUT2D eigenvalue weighted by Gasteiger charge is -2.20. The SMILES string of the molecule is NNC(Cc1ccc(Cl)c(Cl)c1)C(F)(F)Cl. The molecule has 1 rings (SSSR count). The summed E-state index contributed by atoms with van der Waals surface area (Å²) >= 11 is 16.3. The molecule has 1 atom stereocenters. The van der Waals surface area contributed by atoms with Crippen molar-refractivity contribution in [3.8, 4) is 0 Å². The maximum Gasteiger partial charge on any atom is 0.338 e. The highest BCUT2D eigenvalue weighted by molar-refractivity contribution is 6.42. The molecule has 0 bridgehead atoms. The van der Waals surface area contributed by atoms with E-state index in [1.165, 1.54) is 12.1 Å².